The number of carbonyl (C=O) groups is 1. The van der Waals surface area contributed by atoms with E-state index in [1.165, 1.54) is 6.07 Å². The summed E-state index contributed by atoms with van der Waals surface area (Å²) in [4.78, 5) is 13.7. The first-order chi connectivity index (χ1) is 7.45. The minimum absolute atomic E-state index is 0.0904. The van der Waals surface area contributed by atoms with Gasteiger partial charge in [-0.1, -0.05) is 19.6 Å². The monoisotopic (exact) mass is 220 g/mol. The molecule has 0 aliphatic carbocycles. The molecule has 0 unspecified atom stereocenters. The molecule has 0 heterocycles. The Kier molecular flexibility index (Phi) is 3.46. The number of rotatable bonds is 3. The van der Waals surface area contributed by atoms with Crippen LogP contribution in [0.1, 0.15) is 29.8 Å². The van der Waals surface area contributed by atoms with Crippen LogP contribution in [-0.4, -0.2) is 11.1 Å². The molecule has 0 spiro atoms. The Morgan fingerprint density at radius 1 is 1.56 bits per heavy atom. The number of diazo groups is 1. The van der Waals surface area contributed by atoms with Gasteiger partial charge in [0.2, 0.25) is 5.39 Å². The molecule has 5 heteroatoms. The Hall–Kier alpha value is -2.09. The van der Waals surface area contributed by atoms with Crippen LogP contribution < -0.4 is 5.11 Å². The molecule has 0 aliphatic heterocycles. The quantitative estimate of drug-likeness (QED) is 0.790. The lowest BCUT2D eigenvalue weighted by atomic mass is 9.99. The summed E-state index contributed by atoms with van der Waals surface area (Å²) in [6.07, 6.45) is 0.461. The van der Waals surface area contributed by atoms with Crippen molar-refractivity contribution in [3.8, 4) is 5.75 Å². The van der Waals surface area contributed by atoms with E-state index in [1.54, 1.807) is 0 Å². The zero-order valence-electron chi connectivity index (χ0n) is 9.10. The van der Waals surface area contributed by atoms with Gasteiger partial charge in [-0.2, -0.15) is 0 Å². The molecule has 0 radical (unpaired) electrons. The summed E-state index contributed by atoms with van der Waals surface area (Å²) in [6.45, 7) is 3.84. The van der Waals surface area contributed by atoms with Crippen LogP contribution in [0, 0.1) is 11.3 Å². The molecule has 0 aliphatic rings. The third-order valence-corrected chi connectivity index (χ3v) is 2.12. The smallest absolute Gasteiger partial charge is 0.386 e. The molecule has 0 amide bonds. The maximum absolute atomic E-state index is 11.7. The normalized spacial score (nSPS) is 10.1. The van der Waals surface area contributed by atoms with Crippen molar-refractivity contribution in [3.63, 3.8) is 0 Å². The highest BCUT2D eigenvalue weighted by Gasteiger charge is 2.16. The van der Waals surface area contributed by atoms with Gasteiger partial charge in [-0.15, -0.1) is 0 Å². The summed E-state index contributed by atoms with van der Waals surface area (Å²) in [5.74, 6) is -1.59. The van der Waals surface area contributed by atoms with Crippen molar-refractivity contribution in [2.45, 2.75) is 20.3 Å². The van der Waals surface area contributed by atoms with E-state index in [4.69, 9.17) is 10.5 Å². The Balaban J connectivity index is 3.32. The maximum atomic E-state index is 11.7. The number of aromatic carboxylic acids is 1. The van der Waals surface area contributed by atoms with E-state index in [0.717, 1.165) is 6.07 Å². The van der Waals surface area contributed by atoms with E-state index < -0.39 is 11.7 Å². The number of carboxylic acids is 1. The summed E-state index contributed by atoms with van der Waals surface area (Å²) in [5.41, 5.74) is 0.0984. The van der Waals surface area contributed by atoms with Crippen LogP contribution in [0.3, 0.4) is 0 Å². The molecule has 0 saturated heterocycles. The SMILES string of the molecule is CC(C)Cc1cc([N+]#N)cc(C(=O)O)c1[O-]. The molecule has 0 saturated carbocycles. The van der Waals surface area contributed by atoms with Crippen LogP contribution in [0.5, 0.6) is 5.75 Å². The molecule has 84 valence electrons. The minimum Gasteiger partial charge on any atom is -0.872 e. The van der Waals surface area contributed by atoms with Crippen molar-refractivity contribution >= 4 is 11.7 Å². The van der Waals surface area contributed by atoms with Crippen molar-refractivity contribution in [2.75, 3.05) is 0 Å². The average Bonchev–Trinajstić information content (AvgIpc) is 2.19. The van der Waals surface area contributed by atoms with Crippen molar-refractivity contribution in [1.29, 1.82) is 5.39 Å². The molecule has 16 heavy (non-hydrogen) atoms. The molecule has 0 aromatic heterocycles. The number of hydrogen-bond donors (Lipinski definition) is 1. The minimum atomic E-state index is -1.31. The van der Waals surface area contributed by atoms with Crippen molar-refractivity contribution < 1.29 is 15.0 Å². The first kappa shape index (κ1) is 12.0. The molecule has 1 aromatic rings. The van der Waals surface area contributed by atoms with Gasteiger partial charge in [0.05, 0.1) is 5.56 Å². The first-order valence-corrected chi connectivity index (χ1v) is 4.88. The third kappa shape index (κ3) is 2.48. The van der Waals surface area contributed by atoms with Crippen LogP contribution in [0.15, 0.2) is 12.1 Å². The second kappa shape index (κ2) is 4.62. The molecule has 1 aromatic carbocycles. The first-order valence-electron chi connectivity index (χ1n) is 4.88. The summed E-state index contributed by atoms with van der Waals surface area (Å²) >= 11 is 0. The predicted molar refractivity (Wildman–Crippen MR) is 56.1 cm³/mol. The lowest BCUT2D eigenvalue weighted by molar-refractivity contribution is -0.270. The van der Waals surface area contributed by atoms with Gasteiger partial charge in [0.15, 0.2) is 4.98 Å². The van der Waals surface area contributed by atoms with Crippen molar-refractivity contribution in [1.82, 2.24) is 0 Å². The van der Waals surface area contributed by atoms with Crippen LogP contribution in [0.4, 0.5) is 5.69 Å². The lowest BCUT2D eigenvalue weighted by Gasteiger charge is -2.16. The molecule has 0 atom stereocenters. The van der Waals surface area contributed by atoms with Crippen LogP contribution in [0.25, 0.3) is 4.98 Å². The van der Waals surface area contributed by atoms with Gasteiger partial charge in [0.25, 0.3) is 0 Å². The van der Waals surface area contributed by atoms with E-state index >= 15 is 0 Å². The number of hydrogen-bond acceptors (Lipinski definition) is 3. The highest BCUT2D eigenvalue weighted by Crippen LogP contribution is 2.28. The third-order valence-electron chi connectivity index (χ3n) is 2.12. The fourth-order valence-corrected chi connectivity index (χ4v) is 1.48. The summed E-state index contributed by atoms with van der Waals surface area (Å²) in [7, 11) is 0. The zero-order valence-corrected chi connectivity index (χ0v) is 9.10. The fraction of sp³-hybridized carbons (Fsp3) is 0.364. The van der Waals surface area contributed by atoms with E-state index in [0.29, 0.717) is 12.0 Å². The standard InChI is InChI=1S/C11H12N2O3/c1-6(2)3-7-4-8(13-12)5-9(10(7)14)11(15)16/h4-6H,3H2,1-2H3,(H-,14,15,16). The lowest BCUT2D eigenvalue weighted by Crippen LogP contribution is -2.08. The highest BCUT2D eigenvalue weighted by molar-refractivity contribution is 5.92. The number of nitrogens with zero attached hydrogens (tertiary/aromatic N) is 2. The Labute approximate surface area is 93.0 Å². The number of benzene rings is 1. The van der Waals surface area contributed by atoms with Crippen LogP contribution in [-0.2, 0) is 6.42 Å². The van der Waals surface area contributed by atoms with Crippen molar-refractivity contribution in [2.24, 2.45) is 5.92 Å². The van der Waals surface area contributed by atoms with E-state index in [2.05, 4.69) is 4.98 Å². The van der Waals surface area contributed by atoms with Gasteiger partial charge in [0.1, 0.15) is 0 Å². The number of carboxylic acid groups (broad SMARTS) is 1. The molecule has 1 rings (SSSR count). The molecule has 1 N–H and O–H groups in total. The molecular weight excluding hydrogens is 208 g/mol. The molecule has 0 bridgehead atoms. The van der Waals surface area contributed by atoms with Gasteiger partial charge in [0, 0.05) is 12.1 Å². The maximum Gasteiger partial charge on any atom is 0.386 e. The fourth-order valence-electron chi connectivity index (χ4n) is 1.48. The van der Waals surface area contributed by atoms with Gasteiger partial charge in [-0.3, -0.25) is 0 Å². The topological polar surface area (TPSA) is 88.5 Å². The van der Waals surface area contributed by atoms with Crippen LogP contribution >= 0.6 is 0 Å². The Morgan fingerprint density at radius 3 is 2.62 bits per heavy atom. The Morgan fingerprint density at radius 2 is 2.19 bits per heavy atom. The van der Waals surface area contributed by atoms with E-state index in [1.807, 2.05) is 13.8 Å². The molecular formula is C11H12N2O3. The van der Waals surface area contributed by atoms with Gasteiger partial charge in [-0.05, 0) is 17.9 Å². The van der Waals surface area contributed by atoms with Gasteiger partial charge < -0.3 is 10.2 Å². The second-order valence-electron chi connectivity index (χ2n) is 3.98. The van der Waals surface area contributed by atoms with Gasteiger partial charge in [-0.25, -0.2) is 4.79 Å². The molecule has 5 nitrogen and oxygen atoms in total. The second-order valence-corrected chi connectivity index (χ2v) is 3.98. The largest absolute Gasteiger partial charge is 0.872 e. The Bertz CT molecular complexity index is 461. The predicted octanol–water partition coefficient (Wildman–Crippen LogP) is 2.14. The average molecular weight is 220 g/mol. The zero-order chi connectivity index (χ0) is 12.3. The summed E-state index contributed by atoms with van der Waals surface area (Å²) in [6, 6.07) is 2.48. The van der Waals surface area contributed by atoms with E-state index in [9.17, 15) is 9.90 Å². The molecule has 0 fully saturated rings. The summed E-state index contributed by atoms with van der Waals surface area (Å²) < 4.78 is 0. The highest BCUT2D eigenvalue weighted by atomic mass is 16.4. The van der Waals surface area contributed by atoms with E-state index in [-0.39, 0.29) is 17.2 Å². The van der Waals surface area contributed by atoms with Gasteiger partial charge >= 0.3 is 11.7 Å². The van der Waals surface area contributed by atoms with Crippen LogP contribution in [0.2, 0.25) is 0 Å². The van der Waals surface area contributed by atoms with Crippen molar-refractivity contribution in [3.05, 3.63) is 28.2 Å². The summed E-state index contributed by atoms with van der Waals surface area (Å²) in [5, 5.41) is 29.2.